The van der Waals surface area contributed by atoms with Crippen LogP contribution in [-0.4, -0.2) is 92.4 Å². The molecular weight excluding hydrogens is 450 g/mol. The zero-order valence-electron chi connectivity index (χ0n) is 21.3. The summed E-state index contributed by atoms with van der Waals surface area (Å²) >= 11 is 1.70. The fourth-order valence-corrected chi connectivity index (χ4v) is 8.63. The lowest BCUT2D eigenvalue weighted by molar-refractivity contribution is -0.146. The van der Waals surface area contributed by atoms with Gasteiger partial charge in [-0.3, -0.25) is 14.4 Å². The summed E-state index contributed by atoms with van der Waals surface area (Å²) in [5.41, 5.74) is -0.441. The van der Waals surface area contributed by atoms with Gasteiger partial charge in [0.05, 0.1) is 16.6 Å². The van der Waals surface area contributed by atoms with Crippen molar-refractivity contribution >= 4 is 29.5 Å². The van der Waals surface area contributed by atoms with Crippen LogP contribution < -0.4 is 0 Å². The molecule has 0 saturated carbocycles. The van der Waals surface area contributed by atoms with Crippen molar-refractivity contribution in [2.45, 2.75) is 68.5 Å². The number of hydrogen-bond acceptors (Lipinski definition) is 5. The number of carbonyl (C=O) groups is 3. The molecule has 3 unspecified atom stereocenters. The van der Waals surface area contributed by atoms with E-state index in [9.17, 15) is 19.5 Å². The molecule has 3 aliphatic rings. The third-order valence-electron chi connectivity index (χ3n) is 7.74. The molecule has 7 nitrogen and oxygen atoms in total. The van der Waals surface area contributed by atoms with Gasteiger partial charge in [0.15, 0.2) is 0 Å². The molecule has 3 fully saturated rings. The Labute approximate surface area is 208 Å². The van der Waals surface area contributed by atoms with Gasteiger partial charge < -0.3 is 19.8 Å². The van der Waals surface area contributed by atoms with Crippen LogP contribution in [0.4, 0.5) is 0 Å². The lowest BCUT2D eigenvalue weighted by atomic mass is 9.65. The maximum Gasteiger partial charge on any atom is 0.247 e. The molecule has 0 radical (unpaired) electrons. The van der Waals surface area contributed by atoms with Gasteiger partial charge in [-0.2, -0.15) is 0 Å². The first-order valence-electron chi connectivity index (χ1n) is 12.3. The lowest BCUT2D eigenvalue weighted by Gasteiger charge is -2.44. The minimum atomic E-state index is -0.629. The summed E-state index contributed by atoms with van der Waals surface area (Å²) in [5.74, 6) is -1.01. The second-order valence-electron chi connectivity index (χ2n) is 10.9. The lowest BCUT2D eigenvalue weighted by Crippen LogP contribution is -2.60. The normalized spacial score (nSPS) is 32.0. The molecule has 1 N–H and O–H groups in total. The summed E-state index contributed by atoms with van der Waals surface area (Å²) in [6.45, 7) is 17.0. The standard InChI is InChI=1S/C26H41N3O4S/c1-8-12-27(7)22(31)19-18-16-17(3)26(34-18)20(19)23(32)28(14-10-11-15-30)21(26)24(33)29(13-9-2)25(4,5)6/h8-9,17-21,30H,1-2,10-16H2,3-7H3/t17?,18-,19+,20+,21?,26?/m1/s1. The van der Waals surface area contributed by atoms with Crippen molar-refractivity contribution in [1.82, 2.24) is 14.7 Å². The van der Waals surface area contributed by atoms with Crippen LogP contribution in [0, 0.1) is 17.8 Å². The number of likely N-dealkylation sites (N-methyl/N-ethyl adjacent to an activating group) is 1. The number of fused-ring (bicyclic) bond motifs is 1. The van der Waals surface area contributed by atoms with Gasteiger partial charge in [0.1, 0.15) is 6.04 Å². The van der Waals surface area contributed by atoms with Crippen molar-refractivity contribution in [2.24, 2.45) is 17.8 Å². The fraction of sp³-hybridized carbons (Fsp3) is 0.731. The molecule has 34 heavy (non-hydrogen) atoms. The molecule has 3 amide bonds. The Morgan fingerprint density at radius 2 is 1.85 bits per heavy atom. The first-order chi connectivity index (χ1) is 16.0. The van der Waals surface area contributed by atoms with Crippen molar-refractivity contribution in [3.8, 4) is 0 Å². The van der Waals surface area contributed by atoms with E-state index in [4.69, 9.17) is 0 Å². The molecule has 3 heterocycles. The molecule has 0 aromatic heterocycles. The topological polar surface area (TPSA) is 81.2 Å². The monoisotopic (exact) mass is 491 g/mol. The van der Waals surface area contributed by atoms with Gasteiger partial charge in [-0.15, -0.1) is 24.9 Å². The molecule has 6 atom stereocenters. The van der Waals surface area contributed by atoms with E-state index in [0.29, 0.717) is 32.5 Å². The van der Waals surface area contributed by atoms with E-state index in [1.54, 1.807) is 40.8 Å². The molecule has 190 valence electrons. The van der Waals surface area contributed by atoms with Gasteiger partial charge in [-0.05, 0) is 46.0 Å². The molecule has 1 spiro atoms. The zero-order valence-corrected chi connectivity index (χ0v) is 22.1. The molecule has 3 saturated heterocycles. The predicted octanol–water partition coefficient (Wildman–Crippen LogP) is 2.55. The van der Waals surface area contributed by atoms with Crippen LogP contribution in [0.3, 0.4) is 0 Å². The molecule has 3 aliphatic heterocycles. The number of aliphatic hydroxyl groups excluding tert-OH is 1. The van der Waals surface area contributed by atoms with Crippen molar-refractivity contribution in [1.29, 1.82) is 0 Å². The van der Waals surface area contributed by atoms with Crippen LogP contribution in [0.25, 0.3) is 0 Å². The predicted molar refractivity (Wildman–Crippen MR) is 136 cm³/mol. The average molecular weight is 492 g/mol. The second kappa shape index (κ2) is 10.1. The number of unbranched alkanes of at least 4 members (excludes halogenated alkanes) is 1. The van der Waals surface area contributed by atoms with Gasteiger partial charge in [0, 0.05) is 44.1 Å². The Hall–Kier alpha value is -1.80. The number of thioether (sulfide) groups is 1. The van der Waals surface area contributed by atoms with Gasteiger partial charge in [-0.25, -0.2) is 0 Å². The van der Waals surface area contributed by atoms with E-state index in [1.807, 2.05) is 25.7 Å². The van der Waals surface area contributed by atoms with E-state index in [-0.39, 0.29) is 35.5 Å². The van der Waals surface area contributed by atoms with Crippen molar-refractivity contribution < 1.29 is 19.5 Å². The summed E-state index contributed by atoms with van der Waals surface area (Å²) in [4.78, 5) is 47.0. The molecule has 0 aliphatic carbocycles. The Bertz CT molecular complexity index is 840. The number of hydrogen-bond donors (Lipinski definition) is 1. The summed E-state index contributed by atoms with van der Waals surface area (Å²) in [7, 11) is 1.75. The molecule has 8 heteroatoms. The third-order valence-corrected chi connectivity index (χ3v) is 9.81. The largest absolute Gasteiger partial charge is 0.396 e. The first kappa shape index (κ1) is 26.8. The van der Waals surface area contributed by atoms with E-state index in [1.165, 1.54) is 0 Å². The van der Waals surface area contributed by atoms with Crippen LogP contribution in [0.1, 0.15) is 47.0 Å². The van der Waals surface area contributed by atoms with E-state index < -0.39 is 28.2 Å². The Morgan fingerprint density at radius 3 is 2.41 bits per heavy atom. The summed E-state index contributed by atoms with van der Waals surface area (Å²) < 4.78 is -0.627. The maximum absolute atomic E-state index is 14.3. The molecular formula is C26H41N3O4S. The number of nitrogens with zero attached hydrogens (tertiary/aromatic N) is 3. The van der Waals surface area contributed by atoms with E-state index in [0.717, 1.165) is 6.42 Å². The van der Waals surface area contributed by atoms with Crippen LogP contribution >= 0.6 is 11.8 Å². The minimum Gasteiger partial charge on any atom is -0.396 e. The molecule has 2 bridgehead atoms. The quantitative estimate of drug-likeness (QED) is 0.375. The SMILES string of the molecule is C=CCN(C)C(=O)[C@@H]1[C@H]2C(=O)N(CCCCO)C(C(=O)N(CC=C)C(C)(C)C)C23S[C@@H]1CC3C. The number of carbonyl (C=O) groups excluding carboxylic acids is 3. The zero-order chi connectivity index (χ0) is 25.4. The van der Waals surface area contributed by atoms with E-state index in [2.05, 4.69) is 20.1 Å². The smallest absolute Gasteiger partial charge is 0.247 e. The van der Waals surface area contributed by atoms with Crippen LogP contribution in [0.5, 0.6) is 0 Å². The highest BCUT2D eigenvalue weighted by Gasteiger charge is 2.76. The molecule has 0 aromatic carbocycles. The number of rotatable bonds is 10. The third kappa shape index (κ3) is 4.21. The summed E-state index contributed by atoms with van der Waals surface area (Å²) in [5, 5.41) is 9.36. The Morgan fingerprint density at radius 1 is 1.21 bits per heavy atom. The maximum atomic E-state index is 14.3. The van der Waals surface area contributed by atoms with Gasteiger partial charge in [-0.1, -0.05) is 19.1 Å². The number of aliphatic hydroxyl groups is 1. The molecule has 3 rings (SSSR count). The summed E-state index contributed by atoms with van der Waals surface area (Å²) in [6, 6.07) is -0.629. The number of amides is 3. The number of likely N-dealkylation sites (tertiary alicyclic amines) is 1. The Balaban J connectivity index is 2.08. The van der Waals surface area contributed by atoms with Gasteiger partial charge in [0.2, 0.25) is 17.7 Å². The van der Waals surface area contributed by atoms with Crippen molar-refractivity contribution in [3.63, 3.8) is 0 Å². The minimum absolute atomic E-state index is 0.0288. The Kier molecular flexibility index (Phi) is 7.92. The van der Waals surface area contributed by atoms with Crippen molar-refractivity contribution in [3.05, 3.63) is 25.3 Å². The fourth-order valence-electron chi connectivity index (χ4n) is 6.22. The highest BCUT2D eigenvalue weighted by molar-refractivity contribution is 8.02. The highest BCUT2D eigenvalue weighted by atomic mass is 32.2. The molecule has 0 aromatic rings. The van der Waals surface area contributed by atoms with E-state index >= 15 is 0 Å². The summed E-state index contributed by atoms with van der Waals surface area (Å²) in [6.07, 6.45) is 5.41. The average Bonchev–Trinajstić information content (AvgIpc) is 3.34. The van der Waals surface area contributed by atoms with Crippen LogP contribution in [-0.2, 0) is 14.4 Å². The van der Waals surface area contributed by atoms with Gasteiger partial charge in [0.25, 0.3) is 0 Å². The second-order valence-corrected chi connectivity index (χ2v) is 12.5. The highest BCUT2D eigenvalue weighted by Crippen LogP contribution is 2.69. The van der Waals surface area contributed by atoms with Crippen LogP contribution in [0.2, 0.25) is 0 Å². The first-order valence-corrected chi connectivity index (χ1v) is 13.2. The van der Waals surface area contributed by atoms with Crippen molar-refractivity contribution in [2.75, 3.05) is 33.3 Å². The van der Waals surface area contributed by atoms with Crippen LogP contribution in [0.15, 0.2) is 25.3 Å². The van der Waals surface area contributed by atoms with Gasteiger partial charge >= 0.3 is 0 Å².